The molecule has 0 bridgehead atoms. The van der Waals surface area contributed by atoms with Crippen molar-refractivity contribution in [3.05, 3.63) is 35.4 Å². The number of alkyl halides is 3. The highest BCUT2D eigenvalue weighted by Gasteiger charge is 2.30. The first-order chi connectivity index (χ1) is 14.8. The third kappa shape index (κ3) is 9.14. The van der Waals surface area contributed by atoms with Gasteiger partial charge in [-0.15, -0.1) is 0 Å². The van der Waals surface area contributed by atoms with Crippen LogP contribution in [0, 0.1) is 0 Å². The number of nitrogens with one attached hydrogen (secondary N) is 3. The highest BCUT2D eigenvalue weighted by Crippen LogP contribution is 2.30. The van der Waals surface area contributed by atoms with Crippen LogP contribution in [0.15, 0.2) is 29.3 Å². The molecule has 1 fully saturated rings. The Labute approximate surface area is 181 Å². The zero-order valence-electron chi connectivity index (χ0n) is 18.1. The molecule has 0 saturated carbocycles. The maximum Gasteiger partial charge on any atom is 0.416 e. The first-order valence-electron chi connectivity index (χ1n) is 10.5. The molecule has 1 aromatic carbocycles. The number of hydrogen-bond donors (Lipinski definition) is 3. The Bertz CT molecular complexity index is 719. The van der Waals surface area contributed by atoms with E-state index >= 15 is 0 Å². The topological polar surface area (TPSA) is 78.0 Å². The SMILES string of the molecule is CCNC(=NCC(=O)NCCOC)NC1CCN(Cc2cccc(C(F)(F)F)c2)CC1. The minimum Gasteiger partial charge on any atom is -0.383 e. The summed E-state index contributed by atoms with van der Waals surface area (Å²) in [7, 11) is 1.57. The quantitative estimate of drug-likeness (QED) is 0.309. The molecule has 1 amide bonds. The number of benzene rings is 1. The van der Waals surface area contributed by atoms with Gasteiger partial charge in [0.05, 0.1) is 12.2 Å². The van der Waals surface area contributed by atoms with Crippen LogP contribution in [0.4, 0.5) is 13.2 Å². The molecule has 174 valence electrons. The van der Waals surface area contributed by atoms with Crippen LogP contribution in [0.2, 0.25) is 0 Å². The van der Waals surface area contributed by atoms with Crippen LogP contribution < -0.4 is 16.0 Å². The van der Waals surface area contributed by atoms with Gasteiger partial charge in [0.1, 0.15) is 6.54 Å². The molecular formula is C21H32F3N5O2. The number of aliphatic imine (C=N–C) groups is 1. The van der Waals surface area contributed by atoms with E-state index in [9.17, 15) is 18.0 Å². The predicted octanol–water partition coefficient (Wildman–Crippen LogP) is 1.99. The lowest BCUT2D eigenvalue weighted by atomic mass is 10.0. The molecule has 0 aliphatic carbocycles. The molecule has 1 aliphatic rings. The van der Waals surface area contributed by atoms with Crippen LogP contribution in [0.1, 0.15) is 30.9 Å². The van der Waals surface area contributed by atoms with Crippen LogP contribution in [0.25, 0.3) is 0 Å². The third-order valence-electron chi connectivity index (χ3n) is 4.94. The molecule has 1 heterocycles. The van der Waals surface area contributed by atoms with Gasteiger partial charge < -0.3 is 20.7 Å². The Morgan fingerprint density at radius 3 is 2.65 bits per heavy atom. The summed E-state index contributed by atoms with van der Waals surface area (Å²) in [5, 5.41) is 9.21. The van der Waals surface area contributed by atoms with Gasteiger partial charge in [-0.1, -0.05) is 18.2 Å². The molecule has 7 nitrogen and oxygen atoms in total. The fourth-order valence-corrected chi connectivity index (χ4v) is 3.35. The average molecular weight is 444 g/mol. The van der Waals surface area contributed by atoms with Crippen molar-refractivity contribution in [2.75, 3.05) is 46.4 Å². The van der Waals surface area contributed by atoms with E-state index in [0.717, 1.165) is 32.0 Å². The van der Waals surface area contributed by atoms with Crippen LogP contribution in [-0.2, 0) is 22.3 Å². The molecular weight excluding hydrogens is 411 g/mol. The van der Waals surface area contributed by atoms with E-state index in [0.29, 0.717) is 37.8 Å². The maximum atomic E-state index is 12.9. The molecule has 3 N–H and O–H groups in total. The van der Waals surface area contributed by atoms with Crippen LogP contribution in [-0.4, -0.2) is 69.2 Å². The first-order valence-corrected chi connectivity index (χ1v) is 10.5. The van der Waals surface area contributed by atoms with Gasteiger partial charge in [0, 0.05) is 45.9 Å². The van der Waals surface area contributed by atoms with Gasteiger partial charge >= 0.3 is 6.18 Å². The average Bonchev–Trinajstić information content (AvgIpc) is 2.73. The monoisotopic (exact) mass is 443 g/mol. The van der Waals surface area contributed by atoms with E-state index in [1.807, 2.05) is 6.92 Å². The van der Waals surface area contributed by atoms with Gasteiger partial charge in [-0.25, -0.2) is 4.99 Å². The zero-order valence-corrected chi connectivity index (χ0v) is 18.1. The van der Waals surface area contributed by atoms with Gasteiger partial charge in [-0.3, -0.25) is 9.69 Å². The highest BCUT2D eigenvalue weighted by atomic mass is 19.4. The number of hydrogen-bond acceptors (Lipinski definition) is 4. The molecule has 0 radical (unpaired) electrons. The van der Waals surface area contributed by atoms with Crippen LogP contribution in [0.5, 0.6) is 0 Å². The van der Waals surface area contributed by atoms with Crippen molar-refractivity contribution in [1.29, 1.82) is 0 Å². The smallest absolute Gasteiger partial charge is 0.383 e. The Morgan fingerprint density at radius 2 is 2.00 bits per heavy atom. The van der Waals surface area contributed by atoms with Crippen molar-refractivity contribution < 1.29 is 22.7 Å². The summed E-state index contributed by atoms with van der Waals surface area (Å²) < 4.78 is 43.6. The summed E-state index contributed by atoms with van der Waals surface area (Å²) in [5.41, 5.74) is 0.0509. The third-order valence-corrected chi connectivity index (χ3v) is 4.94. The maximum absolute atomic E-state index is 12.9. The fourth-order valence-electron chi connectivity index (χ4n) is 3.35. The number of guanidine groups is 1. The summed E-state index contributed by atoms with van der Waals surface area (Å²) in [6.45, 7) is 5.57. The van der Waals surface area contributed by atoms with E-state index in [1.165, 1.54) is 12.1 Å². The lowest BCUT2D eigenvalue weighted by molar-refractivity contribution is -0.137. The standard InChI is InChI=1S/C21H32F3N5O2/c1-3-25-20(27-14-19(30)26-9-12-31-2)28-18-7-10-29(11-8-18)15-16-5-4-6-17(13-16)21(22,23)24/h4-6,13,18H,3,7-12,14-15H2,1-2H3,(H,26,30)(H2,25,27,28). The van der Waals surface area contributed by atoms with E-state index < -0.39 is 11.7 Å². The number of piperidine rings is 1. The number of methoxy groups -OCH3 is 1. The largest absolute Gasteiger partial charge is 0.416 e. The minimum absolute atomic E-state index is 0.0213. The van der Waals surface area contributed by atoms with E-state index in [2.05, 4.69) is 25.8 Å². The van der Waals surface area contributed by atoms with Gasteiger partial charge in [0.25, 0.3) is 0 Å². The summed E-state index contributed by atoms with van der Waals surface area (Å²) in [5.74, 6) is 0.408. The Balaban J connectivity index is 1.81. The molecule has 0 aromatic heterocycles. The Hall–Kier alpha value is -2.33. The van der Waals surface area contributed by atoms with E-state index in [-0.39, 0.29) is 18.5 Å². The zero-order chi connectivity index (χ0) is 22.7. The number of amides is 1. The molecule has 0 atom stereocenters. The number of halogens is 3. The van der Waals surface area contributed by atoms with Crippen molar-refractivity contribution in [3.8, 4) is 0 Å². The summed E-state index contributed by atoms with van der Waals surface area (Å²) in [4.78, 5) is 18.3. The summed E-state index contributed by atoms with van der Waals surface area (Å²) in [6.07, 6.45) is -2.65. The second-order valence-corrected chi connectivity index (χ2v) is 7.43. The van der Waals surface area contributed by atoms with E-state index in [1.54, 1.807) is 13.2 Å². The Kier molecular flexibility index (Phi) is 10.1. The summed E-state index contributed by atoms with van der Waals surface area (Å²) in [6, 6.07) is 5.69. The van der Waals surface area contributed by atoms with Crippen LogP contribution in [0.3, 0.4) is 0 Å². The van der Waals surface area contributed by atoms with E-state index in [4.69, 9.17) is 4.74 Å². The number of nitrogens with zero attached hydrogens (tertiary/aromatic N) is 2. The van der Waals surface area contributed by atoms with Crippen molar-refractivity contribution >= 4 is 11.9 Å². The fraction of sp³-hybridized carbons (Fsp3) is 0.619. The molecule has 31 heavy (non-hydrogen) atoms. The Morgan fingerprint density at radius 1 is 1.26 bits per heavy atom. The number of carbonyl (C=O) groups excluding carboxylic acids is 1. The van der Waals surface area contributed by atoms with Crippen molar-refractivity contribution in [2.45, 2.75) is 38.5 Å². The molecule has 2 rings (SSSR count). The number of likely N-dealkylation sites (tertiary alicyclic amines) is 1. The minimum atomic E-state index is -4.32. The lowest BCUT2D eigenvalue weighted by Gasteiger charge is -2.33. The molecule has 1 aliphatic heterocycles. The molecule has 0 unspecified atom stereocenters. The first kappa shape index (κ1) is 24.9. The van der Waals surface area contributed by atoms with Gasteiger partial charge in [-0.2, -0.15) is 13.2 Å². The number of rotatable bonds is 9. The normalized spacial score (nSPS) is 16.2. The molecule has 1 saturated heterocycles. The summed E-state index contributed by atoms with van der Waals surface area (Å²) >= 11 is 0. The van der Waals surface area contributed by atoms with Crippen molar-refractivity contribution in [1.82, 2.24) is 20.9 Å². The second-order valence-electron chi connectivity index (χ2n) is 7.43. The second kappa shape index (κ2) is 12.5. The van der Waals surface area contributed by atoms with Gasteiger partial charge in [0.2, 0.25) is 5.91 Å². The number of ether oxygens (including phenoxy) is 1. The van der Waals surface area contributed by atoms with Crippen molar-refractivity contribution in [2.24, 2.45) is 4.99 Å². The number of carbonyl (C=O) groups is 1. The van der Waals surface area contributed by atoms with Crippen molar-refractivity contribution in [3.63, 3.8) is 0 Å². The lowest BCUT2D eigenvalue weighted by Crippen LogP contribution is -2.48. The predicted molar refractivity (Wildman–Crippen MR) is 114 cm³/mol. The van der Waals surface area contributed by atoms with Gasteiger partial charge in [0.15, 0.2) is 5.96 Å². The van der Waals surface area contributed by atoms with Gasteiger partial charge in [-0.05, 0) is 31.4 Å². The van der Waals surface area contributed by atoms with Crippen LogP contribution >= 0.6 is 0 Å². The molecule has 10 heteroatoms. The molecule has 1 aromatic rings. The molecule has 0 spiro atoms. The highest BCUT2D eigenvalue weighted by molar-refractivity contribution is 5.85.